The number of anilines is 1. The first-order valence-corrected chi connectivity index (χ1v) is 8.36. The Kier molecular flexibility index (Phi) is 4.62. The number of nitrogens with one attached hydrogen (secondary N) is 1. The van der Waals surface area contributed by atoms with E-state index in [9.17, 15) is 9.59 Å². The first kappa shape index (κ1) is 15.6. The fourth-order valence-corrected chi connectivity index (χ4v) is 3.40. The summed E-state index contributed by atoms with van der Waals surface area (Å²) in [6.45, 7) is 0.622. The van der Waals surface area contributed by atoms with Crippen LogP contribution in [-0.4, -0.2) is 36.4 Å². The maximum atomic E-state index is 12.5. The van der Waals surface area contributed by atoms with Gasteiger partial charge in [0.25, 0.3) is 5.91 Å². The third kappa shape index (κ3) is 3.37. The van der Waals surface area contributed by atoms with Gasteiger partial charge in [-0.3, -0.25) is 9.59 Å². The summed E-state index contributed by atoms with van der Waals surface area (Å²) in [6, 6.07) is 10.4. The minimum Gasteiger partial charge on any atom is -0.497 e. The van der Waals surface area contributed by atoms with E-state index >= 15 is 0 Å². The quantitative estimate of drug-likeness (QED) is 0.937. The molecule has 3 rings (SSSR count). The molecule has 23 heavy (non-hydrogen) atoms. The Labute approximate surface area is 138 Å². The molecule has 1 atom stereocenters. The molecule has 1 aliphatic rings. The van der Waals surface area contributed by atoms with Crippen molar-refractivity contribution in [2.24, 2.45) is 0 Å². The Morgan fingerprint density at radius 3 is 2.70 bits per heavy atom. The van der Waals surface area contributed by atoms with E-state index in [2.05, 4.69) is 5.32 Å². The van der Waals surface area contributed by atoms with Crippen molar-refractivity contribution in [3.8, 4) is 5.75 Å². The van der Waals surface area contributed by atoms with Crippen LogP contribution in [0.3, 0.4) is 0 Å². The van der Waals surface area contributed by atoms with Crippen LogP contribution in [0.5, 0.6) is 5.75 Å². The lowest BCUT2D eigenvalue weighted by atomic mass is 10.2. The number of likely N-dealkylation sites (tertiary alicyclic amines) is 1. The van der Waals surface area contributed by atoms with Gasteiger partial charge < -0.3 is 15.0 Å². The van der Waals surface area contributed by atoms with Crippen molar-refractivity contribution >= 4 is 28.8 Å². The van der Waals surface area contributed by atoms with Gasteiger partial charge in [-0.15, -0.1) is 11.3 Å². The molecular weight excluding hydrogens is 312 g/mol. The van der Waals surface area contributed by atoms with Crippen LogP contribution >= 0.6 is 11.3 Å². The van der Waals surface area contributed by atoms with Crippen molar-refractivity contribution in [1.82, 2.24) is 4.90 Å². The lowest BCUT2D eigenvalue weighted by Crippen LogP contribution is -2.42. The number of ether oxygens (including phenoxy) is 1. The van der Waals surface area contributed by atoms with Crippen LogP contribution in [0.15, 0.2) is 41.8 Å². The second-order valence-corrected chi connectivity index (χ2v) is 6.30. The lowest BCUT2D eigenvalue weighted by molar-refractivity contribution is -0.119. The second kappa shape index (κ2) is 6.83. The van der Waals surface area contributed by atoms with Gasteiger partial charge in [-0.1, -0.05) is 6.07 Å². The number of carbonyl (C=O) groups is 2. The summed E-state index contributed by atoms with van der Waals surface area (Å²) in [7, 11) is 1.60. The highest BCUT2D eigenvalue weighted by Gasteiger charge is 2.34. The maximum Gasteiger partial charge on any atom is 0.264 e. The maximum absolute atomic E-state index is 12.5. The predicted molar refractivity (Wildman–Crippen MR) is 90.0 cm³/mol. The molecule has 0 unspecified atom stereocenters. The Balaban J connectivity index is 1.69. The van der Waals surface area contributed by atoms with Gasteiger partial charge >= 0.3 is 0 Å². The summed E-state index contributed by atoms with van der Waals surface area (Å²) in [5.41, 5.74) is 0.700. The molecule has 0 spiro atoms. The lowest BCUT2D eigenvalue weighted by Gasteiger charge is -2.23. The standard InChI is InChI=1S/C17H18N2O3S/c1-22-13-8-6-12(7-9-13)18-16(20)14-4-2-10-19(14)17(21)15-5-3-11-23-15/h3,5-9,11,14H,2,4,10H2,1H3,(H,18,20)/t14-/m0/s1. The molecule has 1 fully saturated rings. The monoisotopic (exact) mass is 330 g/mol. The van der Waals surface area contributed by atoms with E-state index in [4.69, 9.17) is 4.74 Å². The topological polar surface area (TPSA) is 58.6 Å². The summed E-state index contributed by atoms with van der Waals surface area (Å²) in [4.78, 5) is 27.4. The molecule has 0 saturated carbocycles. The number of hydrogen-bond donors (Lipinski definition) is 1. The van der Waals surface area contributed by atoms with E-state index in [1.807, 2.05) is 11.4 Å². The van der Waals surface area contributed by atoms with Gasteiger partial charge in [0.2, 0.25) is 5.91 Å². The van der Waals surface area contributed by atoms with E-state index in [-0.39, 0.29) is 11.8 Å². The number of carbonyl (C=O) groups excluding carboxylic acids is 2. The van der Waals surface area contributed by atoms with Gasteiger partial charge in [-0.2, -0.15) is 0 Å². The minimum absolute atomic E-state index is 0.0626. The van der Waals surface area contributed by atoms with Crippen LogP contribution in [0.1, 0.15) is 22.5 Å². The molecule has 2 aromatic rings. The molecule has 0 bridgehead atoms. The third-order valence-electron chi connectivity index (χ3n) is 3.91. The molecule has 5 nitrogen and oxygen atoms in total. The molecule has 1 aliphatic heterocycles. The number of rotatable bonds is 4. The van der Waals surface area contributed by atoms with Crippen molar-refractivity contribution in [1.29, 1.82) is 0 Å². The van der Waals surface area contributed by atoms with E-state index in [0.29, 0.717) is 23.5 Å². The third-order valence-corrected chi connectivity index (χ3v) is 4.76. The molecule has 2 heterocycles. The first-order chi connectivity index (χ1) is 11.2. The molecule has 0 radical (unpaired) electrons. The summed E-state index contributed by atoms with van der Waals surface area (Å²) >= 11 is 1.40. The van der Waals surface area contributed by atoms with Crippen molar-refractivity contribution < 1.29 is 14.3 Å². The minimum atomic E-state index is -0.410. The normalized spacial score (nSPS) is 17.1. The number of thiophene rings is 1. The highest BCUT2D eigenvalue weighted by atomic mass is 32.1. The first-order valence-electron chi connectivity index (χ1n) is 7.48. The average molecular weight is 330 g/mol. The Morgan fingerprint density at radius 1 is 1.26 bits per heavy atom. The van der Waals surface area contributed by atoms with E-state index in [1.165, 1.54) is 11.3 Å². The van der Waals surface area contributed by atoms with Crippen molar-refractivity contribution in [3.63, 3.8) is 0 Å². The number of methoxy groups -OCH3 is 1. The molecule has 2 amide bonds. The Morgan fingerprint density at radius 2 is 2.04 bits per heavy atom. The van der Waals surface area contributed by atoms with Crippen LogP contribution in [0.2, 0.25) is 0 Å². The fourth-order valence-electron chi connectivity index (χ4n) is 2.72. The highest BCUT2D eigenvalue weighted by Crippen LogP contribution is 2.24. The van der Waals surface area contributed by atoms with Gasteiger partial charge in [-0.05, 0) is 48.6 Å². The number of nitrogens with zero attached hydrogens (tertiary/aromatic N) is 1. The van der Waals surface area contributed by atoms with Gasteiger partial charge in [0, 0.05) is 12.2 Å². The molecule has 1 aromatic carbocycles. The van der Waals surface area contributed by atoms with Gasteiger partial charge in [0.15, 0.2) is 0 Å². The van der Waals surface area contributed by atoms with Crippen LogP contribution in [0.4, 0.5) is 5.69 Å². The van der Waals surface area contributed by atoms with Crippen LogP contribution in [0, 0.1) is 0 Å². The smallest absolute Gasteiger partial charge is 0.264 e. The molecule has 1 saturated heterocycles. The summed E-state index contributed by atoms with van der Waals surface area (Å²) < 4.78 is 5.10. The molecule has 120 valence electrons. The zero-order valence-corrected chi connectivity index (χ0v) is 13.6. The second-order valence-electron chi connectivity index (χ2n) is 5.35. The highest BCUT2D eigenvalue weighted by molar-refractivity contribution is 7.12. The predicted octanol–water partition coefficient (Wildman–Crippen LogP) is 3.00. The number of amides is 2. The zero-order chi connectivity index (χ0) is 16.2. The molecule has 0 aliphatic carbocycles. The van der Waals surface area contributed by atoms with Gasteiger partial charge in [-0.25, -0.2) is 0 Å². The summed E-state index contributed by atoms with van der Waals surface area (Å²) in [5.74, 6) is 0.531. The molecule has 1 aromatic heterocycles. The molecular formula is C17H18N2O3S. The van der Waals surface area contributed by atoms with E-state index in [1.54, 1.807) is 42.3 Å². The average Bonchev–Trinajstić information content (AvgIpc) is 3.26. The molecule has 1 N–H and O–H groups in total. The summed E-state index contributed by atoms with van der Waals surface area (Å²) in [5, 5.41) is 4.75. The van der Waals surface area contributed by atoms with Crippen molar-refractivity contribution in [2.45, 2.75) is 18.9 Å². The van der Waals surface area contributed by atoms with Gasteiger partial charge in [0.1, 0.15) is 11.8 Å². The van der Waals surface area contributed by atoms with Crippen molar-refractivity contribution in [3.05, 3.63) is 46.7 Å². The van der Waals surface area contributed by atoms with Gasteiger partial charge in [0.05, 0.1) is 12.0 Å². The Hall–Kier alpha value is -2.34. The fraction of sp³-hybridized carbons (Fsp3) is 0.294. The largest absolute Gasteiger partial charge is 0.497 e. The van der Waals surface area contributed by atoms with Crippen LogP contribution in [-0.2, 0) is 4.79 Å². The van der Waals surface area contributed by atoms with Crippen LogP contribution < -0.4 is 10.1 Å². The Bertz CT molecular complexity index is 682. The number of hydrogen-bond acceptors (Lipinski definition) is 4. The SMILES string of the molecule is COc1ccc(NC(=O)[C@@H]2CCCN2C(=O)c2cccs2)cc1. The van der Waals surface area contributed by atoms with E-state index in [0.717, 1.165) is 12.2 Å². The zero-order valence-electron chi connectivity index (χ0n) is 12.8. The molecule has 6 heteroatoms. The van der Waals surface area contributed by atoms with Crippen LogP contribution in [0.25, 0.3) is 0 Å². The van der Waals surface area contributed by atoms with Crippen molar-refractivity contribution in [2.75, 3.05) is 19.0 Å². The van der Waals surface area contributed by atoms with E-state index < -0.39 is 6.04 Å². The number of benzene rings is 1. The summed E-state index contributed by atoms with van der Waals surface area (Å²) in [6.07, 6.45) is 1.54.